The summed E-state index contributed by atoms with van der Waals surface area (Å²) < 4.78 is 0. The maximum absolute atomic E-state index is 12.4. The summed E-state index contributed by atoms with van der Waals surface area (Å²) in [5.41, 5.74) is 0. The molecule has 0 radical (unpaired) electrons. The van der Waals surface area contributed by atoms with Gasteiger partial charge in [-0.05, 0) is 99.0 Å². The molecule has 0 spiro atoms. The molecule has 24 heavy (non-hydrogen) atoms. The van der Waals surface area contributed by atoms with E-state index < -0.39 is 0 Å². The summed E-state index contributed by atoms with van der Waals surface area (Å²) in [6, 6.07) is 0. The van der Waals surface area contributed by atoms with Crippen molar-refractivity contribution in [1.29, 1.82) is 0 Å². The van der Waals surface area contributed by atoms with Crippen LogP contribution in [0.1, 0.15) is 77.0 Å². The molecule has 0 atom stereocenters. The molecule has 0 heterocycles. The van der Waals surface area contributed by atoms with Crippen molar-refractivity contribution >= 4 is 5.78 Å². The molecular weight excluding hydrogens is 292 g/mol. The van der Waals surface area contributed by atoms with Gasteiger partial charge in [0.2, 0.25) is 0 Å². The summed E-state index contributed by atoms with van der Waals surface area (Å²) in [4.78, 5) is 12.4. The minimum atomic E-state index is 0.238. The van der Waals surface area contributed by atoms with E-state index >= 15 is 0 Å². The van der Waals surface area contributed by atoms with Crippen LogP contribution in [0.25, 0.3) is 0 Å². The Morgan fingerprint density at radius 2 is 0.833 bits per heavy atom. The Morgan fingerprint density at radius 3 is 1.12 bits per heavy atom. The predicted octanol–water partition coefficient (Wildman–Crippen LogP) is 6.10. The van der Waals surface area contributed by atoms with E-state index in [1.165, 1.54) is 77.0 Å². The highest BCUT2D eigenvalue weighted by atomic mass is 16.1. The topological polar surface area (TPSA) is 17.1 Å². The third-order valence-corrected chi connectivity index (χ3v) is 7.74. The van der Waals surface area contributed by atoms with Crippen molar-refractivity contribution in [2.75, 3.05) is 0 Å². The first-order chi connectivity index (χ1) is 11.8. The first-order valence-electron chi connectivity index (χ1n) is 10.7. The van der Waals surface area contributed by atoms with Gasteiger partial charge >= 0.3 is 0 Å². The monoisotopic (exact) mass is 326 g/mol. The van der Waals surface area contributed by atoms with Gasteiger partial charge in [0, 0.05) is 0 Å². The van der Waals surface area contributed by atoms with E-state index in [0.29, 0.717) is 11.8 Å². The number of fused-ring (bicyclic) bond motifs is 4. The molecule has 1 heteroatoms. The molecule has 4 bridgehead atoms. The van der Waals surface area contributed by atoms with Crippen LogP contribution < -0.4 is 0 Å². The fourth-order valence-electron chi connectivity index (χ4n) is 6.55. The Kier molecular flexibility index (Phi) is 5.25. The lowest BCUT2D eigenvalue weighted by atomic mass is 9.64. The lowest BCUT2D eigenvalue weighted by molar-refractivity contribution is -0.110. The second-order valence-corrected chi connectivity index (χ2v) is 9.04. The molecule has 0 unspecified atom stereocenters. The summed E-state index contributed by atoms with van der Waals surface area (Å²) in [5, 5.41) is 0. The number of ketones is 1. The van der Waals surface area contributed by atoms with Crippen LogP contribution in [0.15, 0.2) is 24.3 Å². The van der Waals surface area contributed by atoms with Crippen molar-refractivity contribution < 1.29 is 4.79 Å². The largest absolute Gasteiger partial charge is 0.290 e. The van der Waals surface area contributed by atoms with Gasteiger partial charge in [-0.25, -0.2) is 0 Å². The maximum atomic E-state index is 12.4. The Bertz CT molecular complexity index is 414. The van der Waals surface area contributed by atoms with Crippen LogP contribution in [0, 0.1) is 35.5 Å². The van der Waals surface area contributed by atoms with Gasteiger partial charge in [0.25, 0.3) is 0 Å². The van der Waals surface area contributed by atoms with Crippen molar-refractivity contribution in [1.82, 2.24) is 0 Å². The lowest BCUT2D eigenvalue weighted by Crippen LogP contribution is -2.31. The van der Waals surface area contributed by atoms with E-state index in [1.54, 1.807) is 0 Å². The molecule has 4 aliphatic carbocycles. The van der Waals surface area contributed by atoms with Crippen molar-refractivity contribution in [2.24, 2.45) is 35.5 Å². The van der Waals surface area contributed by atoms with Crippen molar-refractivity contribution in [3.63, 3.8) is 0 Å². The van der Waals surface area contributed by atoms with Crippen LogP contribution in [0.4, 0.5) is 0 Å². The van der Waals surface area contributed by atoms with Crippen LogP contribution >= 0.6 is 0 Å². The van der Waals surface area contributed by atoms with Crippen molar-refractivity contribution in [3.05, 3.63) is 24.3 Å². The first-order valence-corrected chi connectivity index (χ1v) is 10.7. The minimum absolute atomic E-state index is 0.238. The quantitative estimate of drug-likeness (QED) is 0.570. The molecule has 4 fully saturated rings. The summed E-state index contributed by atoms with van der Waals surface area (Å²) in [6.07, 6.45) is 25.2. The molecule has 132 valence electrons. The minimum Gasteiger partial charge on any atom is -0.290 e. The number of carbonyl (C=O) groups is 1. The zero-order valence-corrected chi connectivity index (χ0v) is 15.2. The molecule has 4 rings (SSSR count). The van der Waals surface area contributed by atoms with E-state index in [-0.39, 0.29) is 5.78 Å². The smallest absolute Gasteiger partial charge is 0.178 e. The van der Waals surface area contributed by atoms with Crippen LogP contribution in [0.5, 0.6) is 0 Å². The van der Waals surface area contributed by atoms with Crippen LogP contribution in [0.2, 0.25) is 0 Å². The molecule has 4 saturated carbocycles. The second kappa shape index (κ2) is 7.58. The fourth-order valence-corrected chi connectivity index (χ4v) is 6.55. The van der Waals surface area contributed by atoms with E-state index in [1.807, 2.05) is 12.2 Å². The third-order valence-electron chi connectivity index (χ3n) is 7.74. The molecule has 0 saturated heterocycles. The molecule has 0 aromatic heterocycles. The van der Waals surface area contributed by atoms with Gasteiger partial charge < -0.3 is 0 Å². The van der Waals surface area contributed by atoms with E-state index in [9.17, 15) is 4.79 Å². The van der Waals surface area contributed by atoms with Crippen LogP contribution in [-0.4, -0.2) is 5.78 Å². The normalized spacial score (nSPS) is 42.5. The van der Waals surface area contributed by atoms with Crippen molar-refractivity contribution in [2.45, 2.75) is 77.0 Å². The van der Waals surface area contributed by atoms with Gasteiger partial charge in [-0.1, -0.05) is 37.8 Å². The average Bonchev–Trinajstić information content (AvgIpc) is 2.57. The highest BCUT2D eigenvalue weighted by Gasteiger charge is 2.35. The molecule has 0 aliphatic heterocycles. The lowest BCUT2D eigenvalue weighted by Gasteiger charge is -2.41. The van der Waals surface area contributed by atoms with E-state index in [2.05, 4.69) is 12.2 Å². The number of carbonyl (C=O) groups excluding carboxylic acids is 1. The number of hydrogen-bond acceptors (Lipinski definition) is 1. The zero-order valence-electron chi connectivity index (χ0n) is 15.2. The first kappa shape index (κ1) is 16.6. The fraction of sp³-hybridized carbons (Fsp3) is 0.783. The summed E-state index contributed by atoms with van der Waals surface area (Å²) >= 11 is 0. The summed E-state index contributed by atoms with van der Waals surface area (Å²) in [5.74, 6) is 5.08. The van der Waals surface area contributed by atoms with Crippen LogP contribution in [-0.2, 0) is 4.79 Å². The zero-order chi connectivity index (χ0) is 16.4. The Balaban J connectivity index is 1.36. The third kappa shape index (κ3) is 3.55. The standard InChI is InChI=1S/C23H34O/c24-21(13-15-22-17-5-1-6-18(22)8-2-7-17)14-16-23-19-9-3-10-20(23)12-4-11-19/h13-20,22-23H,1-12H2. The predicted molar refractivity (Wildman–Crippen MR) is 99.6 cm³/mol. The molecule has 1 nitrogen and oxygen atoms in total. The Hall–Kier alpha value is -0.850. The van der Waals surface area contributed by atoms with E-state index in [4.69, 9.17) is 0 Å². The Morgan fingerprint density at radius 1 is 0.542 bits per heavy atom. The number of hydrogen-bond donors (Lipinski definition) is 0. The number of allylic oxidation sites excluding steroid dienone is 4. The van der Waals surface area contributed by atoms with Gasteiger partial charge in [0.1, 0.15) is 0 Å². The Labute approximate surface area is 148 Å². The SMILES string of the molecule is O=C(C=CC1C2CCCC1CCC2)C=CC1C2CCCC1CCC2. The number of rotatable bonds is 4. The van der Waals surface area contributed by atoms with Gasteiger partial charge in [-0.3, -0.25) is 4.79 Å². The molecule has 0 amide bonds. The highest BCUT2D eigenvalue weighted by molar-refractivity contribution is 5.99. The van der Waals surface area contributed by atoms with Crippen molar-refractivity contribution in [3.8, 4) is 0 Å². The average molecular weight is 327 g/mol. The molecule has 4 aliphatic rings. The van der Waals surface area contributed by atoms with Gasteiger partial charge in [0.15, 0.2) is 5.78 Å². The van der Waals surface area contributed by atoms with E-state index in [0.717, 1.165) is 23.7 Å². The van der Waals surface area contributed by atoms with Crippen LogP contribution in [0.3, 0.4) is 0 Å². The molecule has 0 aromatic carbocycles. The molecule has 0 N–H and O–H groups in total. The summed E-state index contributed by atoms with van der Waals surface area (Å²) in [7, 11) is 0. The molecule has 0 aromatic rings. The molecular formula is C23H34O. The second-order valence-electron chi connectivity index (χ2n) is 9.04. The van der Waals surface area contributed by atoms with Gasteiger partial charge in [-0.2, -0.15) is 0 Å². The van der Waals surface area contributed by atoms with Gasteiger partial charge in [-0.15, -0.1) is 0 Å². The highest BCUT2D eigenvalue weighted by Crippen LogP contribution is 2.46. The summed E-state index contributed by atoms with van der Waals surface area (Å²) in [6.45, 7) is 0. The van der Waals surface area contributed by atoms with Gasteiger partial charge in [0.05, 0.1) is 0 Å². The maximum Gasteiger partial charge on any atom is 0.178 e.